The summed E-state index contributed by atoms with van der Waals surface area (Å²) in [4.78, 5) is 4.99. The summed E-state index contributed by atoms with van der Waals surface area (Å²) < 4.78 is 5.98. The van der Waals surface area contributed by atoms with Gasteiger partial charge in [-0.2, -0.15) is 0 Å². The summed E-state index contributed by atoms with van der Waals surface area (Å²) >= 11 is 1.83. The number of nitrogens with one attached hydrogen (secondary N) is 1. The minimum absolute atomic E-state index is 0.332. The molecule has 1 saturated carbocycles. The molecule has 3 rings (SSSR count). The Bertz CT molecular complexity index is 712. The minimum Gasteiger partial charge on any atom is -0.491 e. The molecule has 5 heteroatoms. The molecule has 0 aliphatic heterocycles. The van der Waals surface area contributed by atoms with Gasteiger partial charge in [-0.25, -0.2) is 0 Å². The number of likely N-dealkylation sites (N-methyl/N-ethyl adjacent to an activating group) is 1. The number of thiophene rings is 1. The van der Waals surface area contributed by atoms with Crippen molar-refractivity contribution in [1.82, 2.24) is 10.2 Å². The van der Waals surface area contributed by atoms with Crippen LogP contribution < -0.4 is 10.1 Å². The molecule has 0 unspecified atom stereocenters. The van der Waals surface area contributed by atoms with Crippen molar-refractivity contribution in [2.24, 2.45) is 0 Å². The molecule has 1 aromatic carbocycles. The predicted octanol–water partition coefficient (Wildman–Crippen LogP) is 4.35. The lowest BCUT2D eigenvalue weighted by Crippen LogP contribution is -2.40. The quantitative estimate of drug-likeness (QED) is 0.620. The molecule has 1 aliphatic rings. The van der Waals surface area contributed by atoms with Gasteiger partial charge in [0, 0.05) is 41.0 Å². The van der Waals surface area contributed by atoms with E-state index in [-0.39, 0.29) is 0 Å². The van der Waals surface area contributed by atoms with Crippen LogP contribution in [0.3, 0.4) is 0 Å². The molecule has 2 aromatic rings. The maximum absolute atomic E-state index is 10.4. The molecule has 0 spiro atoms. The number of benzene rings is 1. The number of ether oxygens (including phenoxy) is 1. The Morgan fingerprint density at radius 2 is 1.93 bits per heavy atom. The van der Waals surface area contributed by atoms with Gasteiger partial charge in [-0.1, -0.05) is 37.5 Å². The first kappa shape index (κ1) is 21.3. The average Bonchev–Trinajstić information content (AvgIpc) is 3.13. The van der Waals surface area contributed by atoms with E-state index in [9.17, 15) is 5.11 Å². The van der Waals surface area contributed by atoms with Crippen LogP contribution in [-0.4, -0.2) is 42.4 Å². The summed E-state index contributed by atoms with van der Waals surface area (Å²) in [7, 11) is 2.13. The third-order valence-corrected chi connectivity index (χ3v) is 6.51. The van der Waals surface area contributed by atoms with Gasteiger partial charge in [0.2, 0.25) is 0 Å². The van der Waals surface area contributed by atoms with Gasteiger partial charge >= 0.3 is 0 Å². The van der Waals surface area contributed by atoms with Gasteiger partial charge in [0.15, 0.2) is 0 Å². The standard InChI is InChI=1S/C23H34N2O2S/c1-18-12-13-22(28-18)15-24-14-19-8-6-7-11-23(19)27-17-21(26)16-25(2)20-9-4-3-5-10-20/h6-8,11-13,20-21,24,26H,3-5,9-10,14-17H2,1-2H3/t21-/m1/s1. The van der Waals surface area contributed by atoms with Gasteiger partial charge in [-0.3, -0.25) is 0 Å². The topological polar surface area (TPSA) is 44.7 Å². The molecule has 154 valence electrons. The lowest BCUT2D eigenvalue weighted by molar-refractivity contribution is 0.0558. The van der Waals surface area contributed by atoms with Crippen LogP contribution in [0.1, 0.15) is 47.4 Å². The average molecular weight is 403 g/mol. The highest BCUT2D eigenvalue weighted by molar-refractivity contribution is 7.11. The molecule has 2 N–H and O–H groups in total. The van der Waals surface area contributed by atoms with E-state index in [2.05, 4.69) is 42.4 Å². The summed E-state index contributed by atoms with van der Waals surface area (Å²) in [5.41, 5.74) is 1.13. The number of aliphatic hydroxyl groups is 1. The van der Waals surface area contributed by atoms with Crippen LogP contribution in [-0.2, 0) is 13.1 Å². The van der Waals surface area contributed by atoms with E-state index < -0.39 is 6.10 Å². The van der Waals surface area contributed by atoms with Gasteiger partial charge in [-0.15, -0.1) is 11.3 Å². The molecule has 1 aromatic heterocycles. The van der Waals surface area contributed by atoms with Gasteiger partial charge in [0.1, 0.15) is 18.5 Å². The summed E-state index contributed by atoms with van der Waals surface area (Å²) in [5, 5.41) is 13.9. The third-order valence-electron chi connectivity index (χ3n) is 5.51. The Kier molecular flexibility index (Phi) is 8.34. The molecule has 0 saturated heterocycles. The van der Waals surface area contributed by atoms with Crippen molar-refractivity contribution in [3.8, 4) is 5.75 Å². The van der Waals surface area contributed by atoms with Crippen LogP contribution in [0.4, 0.5) is 0 Å². The zero-order chi connectivity index (χ0) is 19.8. The van der Waals surface area contributed by atoms with Crippen molar-refractivity contribution in [2.45, 2.75) is 64.3 Å². The summed E-state index contributed by atoms with van der Waals surface area (Å²) in [6, 6.07) is 13.0. The Morgan fingerprint density at radius 3 is 2.68 bits per heavy atom. The Labute approximate surface area is 173 Å². The third kappa shape index (κ3) is 6.59. The first-order valence-corrected chi connectivity index (χ1v) is 11.3. The van der Waals surface area contributed by atoms with E-state index in [0.29, 0.717) is 19.2 Å². The minimum atomic E-state index is -0.470. The number of nitrogens with zero attached hydrogens (tertiary/aromatic N) is 1. The van der Waals surface area contributed by atoms with Crippen LogP contribution in [0.2, 0.25) is 0 Å². The summed E-state index contributed by atoms with van der Waals surface area (Å²) in [6.45, 7) is 4.75. The van der Waals surface area contributed by atoms with E-state index in [0.717, 1.165) is 24.4 Å². The molecular formula is C23H34N2O2S. The molecular weight excluding hydrogens is 368 g/mol. The predicted molar refractivity (Wildman–Crippen MR) is 117 cm³/mol. The lowest BCUT2D eigenvalue weighted by atomic mass is 9.94. The van der Waals surface area contributed by atoms with E-state index in [1.54, 1.807) is 0 Å². The highest BCUT2D eigenvalue weighted by Gasteiger charge is 2.20. The number of aliphatic hydroxyl groups excluding tert-OH is 1. The monoisotopic (exact) mass is 402 g/mol. The van der Waals surface area contributed by atoms with Crippen LogP contribution in [0.5, 0.6) is 5.75 Å². The molecule has 0 amide bonds. The second-order valence-electron chi connectivity index (χ2n) is 7.92. The smallest absolute Gasteiger partial charge is 0.123 e. The van der Waals surface area contributed by atoms with Crippen LogP contribution in [0, 0.1) is 6.92 Å². The molecule has 1 fully saturated rings. The fourth-order valence-electron chi connectivity index (χ4n) is 3.93. The zero-order valence-electron chi connectivity index (χ0n) is 17.2. The molecule has 28 heavy (non-hydrogen) atoms. The van der Waals surface area contributed by atoms with Crippen LogP contribution in [0.15, 0.2) is 36.4 Å². The van der Waals surface area contributed by atoms with Crippen LogP contribution >= 0.6 is 11.3 Å². The van der Waals surface area contributed by atoms with E-state index in [1.807, 2.05) is 29.5 Å². The van der Waals surface area contributed by atoms with Gasteiger partial charge < -0.3 is 20.1 Å². The summed E-state index contributed by atoms with van der Waals surface area (Å²) in [6.07, 6.45) is 6.01. The molecule has 1 atom stereocenters. The molecule has 4 nitrogen and oxygen atoms in total. The van der Waals surface area contributed by atoms with E-state index >= 15 is 0 Å². The Balaban J connectivity index is 1.44. The highest BCUT2D eigenvalue weighted by Crippen LogP contribution is 2.22. The van der Waals surface area contributed by atoms with Gasteiger partial charge in [0.05, 0.1) is 0 Å². The Hall–Kier alpha value is -1.40. The number of para-hydroxylation sites is 1. The normalized spacial score (nSPS) is 16.4. The number of aryl methyl sites for hydroxylation is 1. The molecule has 1 heterocycles. The lowest BCUT2D eigenvalue weighted by Gasteiger charge is -2.32. The second kappa shape index (κ2) is 11.0. The van der Waals surface area contributed by atoms with Crippen molar-refractivity contribution in [1.29, 1.82) is 0 Å². The van der Waals surface area contributed by atoms with E-state index in [1.165, 1.54) is 41.9 Å². The van der Waals surface area contributed by atoms with Crippen molar-refractivity contribution >= 4 is 11.3 Å². The fraction of sp³-hybridized carbons (Fsp3) is 0.565. The SMILES string of the molecule is Cc1ccc(CNCc2ccccc2OC[C@H](O)CN(C)C2CCCCC2)s1. The zero-order valence-corrected chi connectivity index (χ0v) is 18.0. The number of hydrogen-bond donors (Lipinski definition) is 2. The van der Waals surface area contributed by atoms with Gasteiger partial charge in [-0.05, 0) is 45.0 Å². The van der Waals surface area contributed by atoms with Crippen molar-refractivity contribution in [3.05, 3.63) is 51.7 Å². The maximum atomic E-state index is 10.4. The van der Waals surface area contributed by atoms with Crippen LogP contribution in [0.25, 0.3) is 0 Å². The maximum Gasteiger partial charge on any atom is 0.123 e. The first-order valence-electron chi connectivity index (χ1n) is 10.5. The fourth-order valence-corrected chi connectivity index (χ4v) is 4.79. The number of hydrogen-bond acceptors (Lipinski definition) is 5. The molecule has 0 bridgehead atoms. The molecule has 1 aliphatic carbocycles. The number of rotatable bonds is 10. The van der Waals surface area contributed by atoms with Crippen molar-refractivity contribution in [3.63, 3.8) is 0 Å². The highest BCUT2D eigenvalue weighted by atomic mass is 32.1. The first-order chi connectivity index (χ1) is 13.6. The molecule has 0 radical (unpaired) electrons. The van der Waals surface area contributed by atoms with Gasteiger partial charge in [0.25, 0.3) is 0 Å². The van der Waals surface area contributed by atoms with Crippen molar-refractivity contribution in [2.75, 3.05) is 20.2 Å². The second-order valence-corrected chi connectivity index (χ2v) is 9.29. The van der Waals surface area contributed by atoms with E-state index in [4.69, 9.17) is 4.74 Å². The summed E-state index contributed by atoms with van der Waals surface area (Å²) in [5.74, 6) is 0.858. The van der Waals surface area contributed by atoms with Crippen molar-refractivity contribution < 1.29 is 9.84 Å². The Morgan fingerprint density at radius 1 is 1.14 bits per heavy atom. The largest absolute Gasteiger partial charge is 0.491 e.